The van der Waals surface area contributed by atoms with Gasteiger partial charge in [-0.2, -0.15) is 0 Å². The molecule has 3 N–H and O–H groups in total. The molecule has 1 unspecified atom stereocenters. The normalized spacial score (nSPS) is 15.7. The topological polar surface area (TPSA) is 126 Å². The van der Waals surface area contributed by atoms with Crippen LogP contribution in [-0.4, -0.2) is 45.1 Å². The van der Waals surface area contributed by atoms with Crippen molar-refractivity contribution >= 4 is 17.8 Å². The highest BCUT2D eigenvalue weighted by molar-refractivity contribution is 5.94. The number of benzene rings is 1. The molecule has 1 aromatic heterocycles. The largest absolute Gasteiger partial charge is 0.460 e. The van der Waals surface area contributed by atoms with Crippen molar-refractivity contribution < 1.29 is 23.9 Å². The Morgan fingerprint density at radius 2 is 1.69 bits per heavy atom. The molecule has 0 saturated heterocycles. The third-order valence-electron chi connectivity index (χ3n) is 5.66. The number of aromatic nitrogens is 2. The molecule has 0 radical (unpaired) electrons. The molecular formula is C27H38N4O5. The Morgan fingerprint density at radius 1 is 1.06 bits per heavy atom. The predicted octanol–water partition coefficient (Wildman–Crippen LogP) is 3.37. The Bertz CT molecular complexity index is 1110. The number of carbonyl (C=O) groups excluding carboxylic acids is 3. The molecule has 0 fully saturated rings. The van der Waals surface area contributed by atoms with Gasteiger partial charge in [-0.3, -0.25) is 14.4 Å². The van der Waals surface area contributed by atoms with E-state index in [1.165, 1.54) is 0 Å². The average molecular weight is 499 g/mol. The third kappa shape index (κ3) is 7.16. The van der Waals surface area contributed by atoms with Crippen molar-refractivity contribution in [3.8, 4) is 11.3 Å². The molecule has 0 spiro atoms. The molecule has 196 valence electrons. The van der Waals surface area contributed by atoms with Crippen LogP contribution in [0.4, 0.5) is 0 Å². The zero-order valence-electron chi connectivity index (χ0n) is 22.1. The Balaban J connectivity index is 1.67. The van der Waals surface area contributed by atoms with Gasteiger partial charge < -0.3 is 25.1 Å². The fourth-order valence-corrected chi connectivity index (χ4v) is 4.13. The first-order chi connectivity index (χ1) is 16.8. The second kappa shape index (κ2) is 10.8. The molecule has 2 aromatic rings. The Kier molecular flexibility index (Phi) is 8.23. The molecule has 0 aliphatic carbocycles. The SMILES string of the molecule is CC(C)(C)OC(=O)CCNC(=O)c1ccc(-c2nc3n(c2CN)CC(C(=O)OC(C)(C)C)CC3)cc1. The van der Waals surface area contributed by atoms with Gasteiger partial charge in [0.2, 0.25) is 0 Å². The number of aryl methyl sites for hydroxylation is 1. The van der Waals surface area contributed by atoms with Crippen molar-refractivity contribution in [3.05, 3.63) is 41.3 Å². The summed E-state index contributed by atoms with van der Waals surface area (Å²) < 4.78 is 12.9. The van der Waals surface area contributed by atoms with Gasteiger partial charge in [-0.1, -0.05) is 12.1 Å². The first kappa shape index (κ1) is 27.4. The minimum absolute atomic E-state index is 0.103. The Morgan fingerprint density at radius 3 is 2.28 bits per heavy atom. The number of hydrogen-bond donors (Lipinski definition) is 2. The number of esters is 2. The third-order valence-corrected chi connectivity index (χ3v) is 5.66. The number of ether oxygens (including phenoxy) is 2. The van der Waals surface area contributed by atoms with Crippen molar-refractivity contribution in [1.29, 1.82) is 0 Å². The van der Waals surface area contributed by atoms with Gasteiger partial charge in [-0.05, 0) is 60.1 Å². The summed E-state index contributed by atoms with van der Waals surface area (Å²) in [4.78, 5) is 41.8. The molecule has 1 aliphatic heterocycles. The van der Waals surface area contributed by atoms with Crippen LogP contribution in [-0.2, 0) is 38.6 Å². The van der Waals surface area contributed by atoms with Crippen LogP contribution in [0.15, 0.2) is 24.3 Å². The van der Waals surface area contributed by atoms with Crippen LogP contribution in [0.25, 0.3) is 11.3 Å². The number of nitrogens with one attached hydrogen (secondary N) is 1. The summed E-state index contributed by atoms with van der Waals surface area (Å²) >= 11 is 0. The fraction of sp³-hybridized carbons (Fsp3) is 0.556. The van der Waals surface area contributed by atoms with Crippen LogP contribution in [0, 0.1) is 5.92 Å². The minimum atomic E-state index is -0.553. The van der Waals surface area contributed by atoms with Gasteiger partial charge >= 0.3 is 11.9 Å². The Hall–Kier alpha value is -3.20. The van der Waals surface area contributed by atoms with Crippen LogP contribution >= 0.6 is 0 Å². The van der Waals surface area contributed by atoms with Gasteiger partial charge in [0.05, 0.1) is 23.7 Å². The second-order valence-corrected chi connectivity index (χ2v) is 11.1. The minimum Gasteiger partial charge on any atom is -0.460 e. The van der Waals surface area contributed by atoms with Gasteiger partial charge in [0.15, 0.2) is 0 Å². The maximum Gasteiger partial charge on any atom is 0.311 e. The summed E-state index contributed by atoms with van der Waals surface area (Å²) in [7, 11) is 0. The van der Waals surface area contributed by atoms with E-state index in [1.807, 2.05) is 37.5 Å². The molecule has 36 heavy (non-hydrogen) atoms. The number of nitrogens with two attached hydrogens (primary N) is 1. The smallest absolute Gasteiger partial charge is 0.311 e. The summed E-state index contributed by atoms with van der Waals surface area (Å²) in [5.41, 5.74) is 7.95. The molecule has 2 heterocycles. The molecule has 1 aromatic carbocycles. The molecule has 1 amide bonds. The van der Waals surface area contributed by atoms with E-state index in [4.69, 9.17) is 20.2 Å². The van der Waals surface area contributed by atoms with E-state index in [9.17, 15) is 14.4 Å². The van der Waals surface area contributed by atoms with Crippen LogP contribution in [0.3, 0.4) is 0 Å². The van der Waals surface area contributed by atoms with Gasteiger partial charge in [0, 0.05) is 37.2 Å². The van der Waals surface area contributed by atoms with E-state index in [0.717, 1.165) is 22.8 Å². The van der Waals surface area contributed by atoms with Crippen molar-refractivity contribution in [2.45, 2.75) is 85.1 Å². The van der Waals surface area contributed by atoms with Crippen LogP contribution < -0.4 is 11.1 Å². The summed E-state index contributed by atoms with van der Waals surface area (Å²) in [6.45, 7) is 12.0. The lowest BCUT2D eigenvalue weighted by molar-refractivity contribution is -0.161. The first-order valence-electron chi connectivity index (χ1n) is 12.4. The number of imidazole rings is 1. The van der Waals surface area contributed by atoms with Crippen molar-refractivity contribution in [2.24, 2.45) is 11.7 Å². The van der Waals surface area contributed by atoms with Crippen LogP contribution in [0.2, 0.25) is 0 Å². The molecule has 3 rings (SSSR count). The molecule has 9 nitrogen and oxygen atoms in total. The van der Waals surface area contributed by atoms with E-state index in [0.29, 0.717) is 24.9 Å². The summed E-state index contributed by atoms with van der Waals surface area (Å²) in [5, 5.41) is 2.75. The lowest BCUT2D eigenvalue weighted by Crippen LogP contribution is -2.34. The van der Waals surface area contributed by atoms with Crippen LogP contribution in [0.1, 0.15) is 76.3 Å². The summed E-state index contributed by atoms with van der Waals surface area (Å²) in [6.07, 6.45) is 1.44. The van der Waals surface area contributed by atoms with Gasteiger partial charge in [-0.25, -0.2) is 4.98 Å². The van der Waals surface area contributed by atoms with Gasteiger partial charge in [-0.15, -0.1) is 0 Å². The standard InChI is InChI=1S/C27H38N4O5/c1-26(2,3)35-22(32)13-14-29-24(33)18-9-7-17(8-10-18)23-20(15-28)31-16-19(11-12-21(31)30-23)25(34)36-27(4,5)6/h7-10,19H,11-16,28H2,1-6H3,(H,29,33). The lowest BCUT2D eigenvalue weighted by Gasteiger charge is -2.27. The fourth-order valence-electron chi connectivity index (χ4n) is 4.13. The molecule has 9 heteroatoms. The van der Waals surface area contributed by atoms with E-state index in [-0.39, 0.29) is 43.3 Å². The number of hydrogen-bond acceptors (Lipinski definition) is 7. The van der Waals surface area contributed by atoms with E-state index in [1.54, 1.807) is 32.9 Å². The van der Waals surface area contributed by atoms with Gasteiger partial charge in [0.25, 0.3) is 5.91 Å². The van der Waals surface area contributed by atoms with Crippen molar-refractivity contribution in [2.75, 3.05) is 6.54 Å². The zero-order valence-corrected chi connectivity index (χ0v) is 22.1. The van der Waals surface area contributed by atoms with Gasteiger partial charge in [0.1, 0.15) is 17.0 Å². The molecular weight excluding hydrogens is 460 g/mol. The van der Waals surface area contributed by atoms with E-state index in [2.05, 4.69) is 5.32 Å². The molecule has 1 aliphatic rings. The number of nitrogens with zero attached hydrogens (tertiary/aromatic N) is 2. The summed E-state index contributed by atoms with van der Waals surface area (Å²) in [6, 6.07) is 7.11. The van der Waals surface area contributed by atoms with E-state index >= 15 is 0 Å². The number of rotatable bonds is 7. The highest BCUT2D eigenvalue weighted by atomic mass is 16.6. The van der Waals surface area contributed by atoms with Crippen molar-refractivity contribution in [3.63, 3.8) is 0 Å². The average Bonchev–Trinajstić information content (AvgIpc) is 3.14. The van der Waals surface area contributed by atoms with E-state index < -0.39 is 11.2 Å². The molecule has 1 atom stereocenters. The molecule has 0 bridgehead atoms. The lowest BCUT2D eigenvalue weighted by atomic mass is 9.99. The quantitative estimate of drug-likeness (QED) is 0.561. The zero-order chi connectivity index (χ0) is 26.7. The monoisotopic (exact) mass is 498 g/mol. The van der Waals surface area contributed by atoms with Crippen LogP contribution in [0.5, 0.6) is 0 Å². The highest BCUT2D eigenvalue weighted by Gasteiger charge is 2.31. The maximum atomic E-state index is 12.6. The number of amides is 1. The first-order valence-corrected chi connectivity index (χ1v) is 12.4. The maximum absolute atomic E-state index is 12.6. The number of carbonyl (C=O) groups is 3. The van der Waals surface area contributed by atoms with Crippen molar-refractivity contribution in [1.82, 2.24) is 14.9 Å². The second-order valence-electron chi connectivity index (χ2n) is 11.1. The number of fused-ring (bicyclic) bond motifs is 1. The summed E-state index contributed by atoms with van der Waals surface area (Å²) in [5.74, 6) is -0.169. The predicted molar refractivity (Wildman–Crippen MR) is 136 cm³/mol. The molecule has 0 saturated carbocycles. The Labute approximate surface area is 212 Å². The highest BCUT2D eigenvalue weighted by Crippen LogP contribution is 2.30.